The van der Waals surface area contributed by atoms with Gasteiger partial charge in [-0.25, -0.2) is 0 Å². The van der Waals surface area contributed by atoms with Crippen LogP contribution in [-0.2, 0) is 4.74 Å². The highest BCUT2D eigenvalue weighted by Crippen LogP contribution is 2.11. The van der Waals surface area contributed by atoms with Crippen molar-refractivity contribution < 1.29 is 20.1 Å². The minimum Gasteiger partial charge on any atom is -0.394 e. The SMILES string of the molecule is CCCCCCCC/C=C\CCCCCCCC(O)OCC(O)CO. The standard InChI is InChI=1S/C21H42O4/c1-2-3-4-5-6-7-8-9-10-11-12-13-14-15-16-17-21(24)25-19-20(23)18-22/h9-10,20-24H,2-8,11-19H2,1H3/b10-9-. The van der Waals surface area contributed by atoms with Crippen molar-refractivity contribution >= 4 is 0 Å². The Morgan fingerprint density at radius 1 is 0.760 bits per heavy atom. The van der Waals surface area contributed by atoms with Gasteiger partial charge in [0, 0.05) is 0 Å². The highest BCUT2D eigenvalue weighted by molar-refractivity contribution is 4.81. The van der Waals surface area contributed by atoms with Gasteiger partial charge in [0.1, 0.15) is 6.10 Å². The topological polar surface area (TPSA) is 69.9 Å². The van der Waals surface area contributed by atoms with Crippen molar-refractivity contribution in [2.75, 3.05) is 13.2 Å². The lowest BCUT2D eigenvalue weighted by Gasteiger charge is -2.13. The zero-order chi connectivity index (χ0) is 18.6. The molecule has 2 unspecified atom stereocenters. The van der Waals surface area contributed by atoms with Gasteiger partial charge < -0.3 is 20.1 Å². The Labute approximate surface area is 155 Å². The molecular formula is C21H42O4. The van der Waals surface area contributed by atoms with E-state index in [0.29, 0.717) is 6.42 Å². The monoisotopic (exact) mass is 358 g/mol. The molecule has 0 spiro atoms. The predicted molar refractivity (Wildman–Crippen MR) is 105 cm³/mol. The lowest BCUT2D eigenvalue weighted by molar-refractivity contribution is -0.130. The van der Waals surface area contributed by atoms with E-state index >= 15 is 0 Å². The van der Waals surface area contributed by atoms with Crippen LogP contribution in [0.15, 0.2) is 12.2 Å². The molecule has 0 saturated heterocycles. The molecule has 4 nitrogen and oxygen atoms in total. The molecule has 0 aromatic heterocycles. The maximum absolute atomic E-state index is 9.57. The molecule has 0 fully saturated rings. The van der Waals surface area contributed by atoms with Crippen LogP contribution in [0.4, 0.5) is 0 Å². The summed E-state index contributed by atoms with van der Waals surface area (Å²) in [7, 11) is 0. The molecule has 0 aromatic carbocycles. The van der Waals surface area contributed by atoms with Crippen LogP contribution in [0.3, 0.4) is 0 Å². The Morgan fingerprint density at radius 2 is 1.28 bits per heavy atom. The average Bonchev–Trinajstić information content (AvgIpc) is 2.62. The van der Waals surface area contributed by atoms with Crippen LogP contribution in [0, 0.1) is 0 Å². The van der Waals surface area contributed by atoms with E-state index in [1.54, 1.807) is 0 Å². The maximum Gasteiger partial charge on any atom is 0.154 e. The summed E-state index contributed by atoms with van der Waals surface area (Å²) >= 11 is 0. The number of ether oxygens (including phenoxy) is 1. The highest BCUT2D eigenvalue weighted by atomic mass is 16.6. The Bertz CT molecular complexity index is 281. The van der Waals surface area contributed by atoms with Crippen LogP contribution in [0.1, 0.15) is 96.8 Å². The number of hydrogen-bond donors (Lipinski definition) is 3. The van der Waals surface area contributed by atoms with Gasteiger partial charge in [0.05, 0.1) is 13.2 Å². The fourth-order valence-corrected chi connectivity index (χ4v) is 2.75. The summed E-state index contributed by atoms with van der Waals surface area (Å²) in [6, 6.07) is 0. The Hall–Kier alpha value is -0.420. The zero-order valence-corrected chi connectivity index (χ0v) is 16.4. The maximum atomic E-state index is 9.57. The highest BCUT2D eigenvalue weighted by Gasteiger charge is 2.07. The molecule has 0 saturated carbocycles. The number of hydrogen-bond acceptors (Lipinski definition) is 4. The lowest BCUT2D eigenvalue weighted by Crippen LogP contribution is -2.24. The molecule has 0 radical (unpaired) electrons. The van der Waals surface area contributed by atoms with Crippen molar-refractivity contribution in [1.29, 1.82) is 0 Å². The van der Waals surface area contributed by atoms with E-state index in [0.717, 1.165) is 12.8 Å². The minimum atomic E-state index is -0.899. The Kier molecular flexibility index (Phi) is 19.6. The molecule has 2 atom stereocenters. The quantitative estimate of drug-likeness (QED) is 0.178. The Morgan fingerprint density at radius 3 is 1.84 bits per heavy atom. The molecular weight excluding hydrogens is 316 g/mol. The first-order valence-electron chi connectivity index (χ1n) is 10.4. The summed E-state index contributed by atoms with van der Waals surface area (Å²) in [5.74, 6) is 0. The summed E-state index contributed by atoms with van der Waals surface area (Å²) in [5.41, 5.74) is 0. The summed E-state index contributed by atoms with van der Waals surface area (Å²) in [6.45, 7) is 1.91. The minimum absolute atomic E-state index is 0.0112. The van der Waals surface area contributed by atoms with Gasteiger partial charge in [0.15, 0.2) is 6.29 Å². The molecule has 150 valence electrons. The van der Waals surface area contributed by atoms with Gasteiger partial charge in [-0.3, -0.25) is 0 Å². The van der Waals surface area contributed by atoms with Crippen molar-refractivity contribution in [3.8, 4) is 0 Å². The van der Waals surface area contributed by atoms with E-state index in [9.17, 15) is 5.11 Å². The summed E-state index contributed by atoms with van der Waals surface area (Å²) in [5, 5.41) is 27.3. The van der Waals surface area contributed by atoms with E-state index < -0.39 is 12.4 Å². The van der Waals surface area contributed by atoms with Gasteiger partial charge in [-0.2, -0.15) is 0 Å². The van der Waals surface area contributed by atoms with Gasteiger partial charge in [0.25, 0.3) is 0 Å². The van der Waals surface area contributed by atoms with Gasteiger partial charge in [-0.1, -0.05) is 70.4 Å². The lowest BCUT2D eigenvalue weighted by atomic mass is 10.1. The van der Waals surface area contributed by atoms with Crippen LogP contribution >= 0.6 is 0 Å². The number of aliphatic hydroxyl groups excluding tert-OH is 3. The van der Waals surface area contributed by atoms with E-state index in [-0.39, 0.29) is 13.2 Å². The van der Waals surface area contributed by atoms with Gasteiger partial charge >= 0.3 is 0 Å². The van der Waals surface area contributed by atoms with E-state index in [1.165, 1.54) is 70.6 Å². The number of rotatable bonds is 19. The average molecular weight is 359 g/mol. The zero-order valence-electron chi connectivity index (χ0n) is 16.4. The van der Waals surface area contributed by atoms with Crippen molar-refractivity contribution in [3.05, 3.63) is 12.2 Å². The molecule has 0 aliphatic heterocycles. The molecule has 0 aromatic rings. The van der Waals surface area contributed by atoms with Crippen molar-refractivity contribution in [2.45, 2.75) is 109 Å². The second kappa shape index (κ2) is 19.9. The molecule has 0 rings (SSSR count). The molecule has 0 heterocycles. The van der Waals surface area contributed by atoms with Crippen molar-refractivity contribution in [1.82, 2.24) is 0 Å². The largest absolute Gasteiger partial charge is 0.394 e. The second-order valence-electron chi connectivity index (χ2n) is 7.00. The fraction of sp³-hybridized carbons (Fsp3) is 0.905. The number of aliphatic hydroxyl groups is 3. The molecule has 3 N–H and O–H groups in total. The van der Waals surface area contributed by atoms with Crippen LogP contribution in [0.5, 0.6) is 0 Å². The van der Waals surface area contributed by atoms with Crippen LogP contribution < -0.4 is 0 Å². The second-order valence-corrected chi connectivity index (χ2v) is 7.00. The van der Waals surface area contributed by atoms with Crippen LogP contribution in [0.2, 0.25) is 0 Å². The summed E-state index contributed by atoms with van der Waals surface area (Å²) in [4.78, 5) is 0. The Balaban J connectivity index is 3.21. The summed E-state index contributed by atoms with van der Waals surface area (Å²) < 4.78 is 5.05. The van der Waals surface area contributed by atoms with E-state index in [2.05, 4.69) is 19.1 Å². The molecule has 0 amide bonds. The molecule has 25 heavy (non-hydrogen) atoms. The smallest absolute Gasteiger partial charge is 0.154 e. The van der Waals surface area contributed by atoms with E-state index in [4.69, 9.17) is 14.9 Å². The third-order valence-electron chi connectivity index (χ3n) is 4.40. The molecule has 0 aliphatic carbocycles. The van der Waals surface area contributed by atoms with Gasteiger partial charge in [0.2, 0.25) is 0 Å². The fourth-order valence-electron chi connectivity index (χ4n) is 2.75. The number of unbranched alkanes of at least 4 members (excludes halogenated alkanes) is 11. The van der Waals surface area contributed by atoms with Gasteiger partial charge in [-0.15, -0.1) is 0 Å². The van der Waals surface area contributed by atoms with Crippen LogP contribution in [-0.4, -0.2) is 40.9 Å². The van der Waals surface area contributed by atoms with E-state index in [1.807, 2.05) is 0 Å². The van der Waals surface area contributed by atoms with Crippen molar-refractivity contribution in [3.63, 3.8) is 0 Å². The number of allylic oxidation sites excluding steroid dienone is 2. The van der Waals surface area contributed by atoms with Crippen LogP contribution in [0.25, 0.3) is 0 Å². The first kappa shape index (κ1) is 24.6. The molecule has 0 bridgehead atoms. The third-order valence-corrected chi connectivity index (χ3v) is 4.40. The van der Waals surface area contributed by atoms with Crippen molar-refractivity contribution in [2.24, 2.45) is 0 Å². The molecule has 4 heteroatoms. The first-order valence-corrected chi connectivity index (χ1v) is 10.4. The summed E-state index contributed by atoms with van der Waals surface area (Å²) in [6.07, 6.45) is 19.9. The third kappa shape index (κ3) is 19.7. The predicted octanol–water partition coefficient (Wildman–Crippen LogP) is 4.71. The normalized spacial score (nSPS) is 14.2. The first-order chi connectivity index (χ1) is 12.2. The molecule has 0 aliphatic rings. The van der Waals surface area contributed by atoms with Gasteiger partial charge in [-0.05, 0) is 38.5 Å².